The van der Waals surface area contributed by atoms with Gasteiger partial charge in [-0.1, -0.05) is 18.2 Å². The third kappa shape index (κ3) is 4.53. The highest BCUT2D eigenvalue weighted by atomic mass is 19.1. The number of rotatable bonds is 3. The second-order valence-corrected chi connectivity index (χ2v) is 4.94. The fraction of sp³-hybridized carbons (Fsp3) is 0.462. The summed E-state index contributed by atoms with van der Waals surface area (Å²) in [5.74, 6) is -0.868. The van der Waals surface area contributed by atoms with Crippen LogP contribution in [0.2, 0.25) is 0 Å². The number of carbonyl (C=O) groups is 1. The monoisotopic (exact) mass is 239 g/mol. The summed E-state index contributed by atoms with van der Waals surface area (Å²) in [6.45, 7) is 5.29. The van der Waals surface area contributed by atoms with E-state index < -0.39 is 17.6 Å². The minimum absolute atomic E-state index is 0.140. The number of benzene rings is 1. The van der Waals surface area contributed by atoms with Gasteiger partial charge in [0.1, 0.15) is 17.5 Å². The average Bonchev–Trinajstić information content (AvgIpc) is 2.18. The molecule has 0 saturated carbocycles. The number of ether oxygens (including phenoxy) is 1. The molecule has 1 rings (SSSR count). The predicted octanol–water partition coefficient (Wildman–Crippen LogP) is 2.04. The summed E-state index contributed by atoms with van der Waals surface area (Å²) in [6, 6.07) is 5.42. The highest BCUT2D eigenvalue weighted by Gasteiger charge is 2.22. The molecule has 2 N–H and O–H groups in total. The third-order valence-electron chi connectivity index (χ3n) is 2.11. The zero-order valence-corrected chi connectivity index (χ0v) is 10.4. The molecule has 0 aliphatic rings. The lowest BCUT2D eigenvalue weighted by atomic mass is 10.1. The first kappa shape index (κ1) is 13.6. The van der Waals surface area contributed by atoms with Crippen LogP contribution in [0, 0.1) is 5.82 Å². The van der Waals surface area contributed by atoms with Crippen molar-refractivity contribution in [3.05, 3.63) is 35.6 Å². The normalized spacial score (nSPS) is 13.2. The Hall–Kier alpha value is -1.42. The Bertz CT molecular complexity index is 399. The molecule has 4 heteroatoms. The fourth-order valence-electron chi connectivity index (χ4n) is 1.36. The lowest BCUT2D eigenvalue weighted by molar-refractivity contribution is -0.156. The fourth-order valence-corrected chi connectivity index (χ4v) is 1.36. The van der Waals surface area contributed by atoms with Gasteiger partial charge in [0.25, 0.3) is 0 Å². The molecule has 0 fully saturated rings. The topological polar surface area (TPSA) is 52.3 Å². The highest BCUT2D eigenvalue weighted by molar-refractivity contribution is 5.76. The van der Waals surface area contributed by atoms with Gasteiger partial charge in [-0.25, -0.2) is 4.39 Å². The minimum Gasteiger partial charge on any atom is -0.459 e. The lowest BCUT2D eigenvalue weighted by Gasteiger charge is -2.22. The molecule has 94 valence electrons. The first-order valence-corrected chi connectivity index (χ1v) is 5.51. The Morgan fingerprint density at radius 3 is 2.53 bits per heavy atom. The number of hydrogen-bond donors (Lipinski definition) is 1. The van der Waals surface area contributed by atoms with Crippen molar-refractivity contribution in [2.45, 2.75) is 38.8 Å². The van der Waals surface area contributed by atoms with Gasteiger partial charge in [-0.2, -0.15) is 0 Å². The Labute approximate surface area is 101 Å². The maximum absolute atomic E-state index is 13.3. The Balaban J connectivity index is 2.64. The van der Waals surface area contributed by atoms with Crippen molar-refractivity contribution in [1.82, 2.24) is 0 Å². The van der Waals surface area contributed by atoms with E-state index in [4.69, 9.17) is 10.5 Å². The van der Waals surface area contributed by atoms with Gasteiger partial charge in [-0.05, 0) is 32.4 Å². The number of esters is 1. The van der Waals surface area contributed by atoms with Crippen LogP contribution in [-0.4, -0.2) is 17.6 Å². The van der Waals surface area contributed by atoms with Crippen LogP contribution in [0.15, 0.2) is 24.3 Å². The molecule has 1 aromatic rings. The SMILES string of the molecule is CC(C)(C)OC(=O)C(N)Cc1ccccc1F. The molecule has 0 aliphatic carbocycles. The van der Waals surface area contributed by atoms with Gasteiger partial charge in [-0.15, -0.1) is 0 Å². The Morgan fingerprint density at radius 1 is 1.41 bits per heavy atom. The van der Waals surface area contributed by atoms with Crippen molar-refractivity contribution >= 4 is 5.97 Å². The molecular weight excluding hydrogens is 221 g/mol. The van der Waals surface area contributed by atoms with Crippen LogP contribution in [0.3, 0.4) is 0 Å². The van der Waals surface area contributed by atoms with Crippen molar-refractivity contribution in [1.29, 1.82) is 0 Å². The van der Waals surface area contributed by atoms with E-state index in [9.17, 15) is 9.18 Å². The maximum atomic E-state index is 13.3. The average molecular weight is 239 g/mol. The summed E-state index contributed by atoms with van der Waals surface area (Å²) >= 11 is 0. The number of nitrogens with two attached hydrogens (primary N) is 1. The Kier molecular flexibility index (Phi) is 4.23. The summed E-state index contributed by atoms with van der Waals surface area (Å²) in [6.07, 6.45) is 0.140. The molecule has 0 amide bonds. The molecule has 3 nitrogen and oxygen atoms in total. The molecule has 1 unspecified atom stereocenters. The van der Waals surface area contributed by atoms with Gasteiger partial charge >= 0.3 is 5.97 Å². The summed E-state index contributed by atoms with van der Waals surface area (Å²) in [7, 11) is 0. The van der Waals surface area contributed by atoms with E-state index in [-0.39, 0.29) is 12.2 Å². The van der Waals surface area contributed by atoms with Gasteiger partial charge in [0, 0.05) is 6.42 Å². The van der Waals surface area contributed by atoms with Crippen LogP contribution in [0.5, 0.6) is 0 Å². The third-order valence-corrected chi connectivity index (χ3v) is 2.11. The largest absolute Gasteiger partial charge is 0.459 e. The van der Waals surface area contributed by atoms with Gasteiger partial charge in [0.2, 0.25) is 0 Å². The molecule has 0 heterocycles. The van der Waals surface area contributed by atoms with E-state index >= 15 is 0 Å². The molecule has 17 heavy (non-hydrogen) atoms. The summed E-state index contributed by atoms with van der Waals surface area (Å²) in [5.41, 5.74) is 5.53. The van der Waals surface area contributed by atoms with E-state index in [0.717, 1.165) is 0 Å². The van der Waals surface area contributed by atoms with Crippen molar-refractivity contribution in [3.8, 4) is 0 Å². The second-order valence-electron chi connectivity index (χ2n) is 4.94. The zero-order chi connectivity index (χ0) is 13.1. The van der Waals surface area contributed by atoms with E-state index in [1.807, 2.05) is 0 Å². The van der Waals surface area contributed by atoms with E-state index in [0.29, 0.717) is 5.56 Å². The van der Waals surface area contributed by atoms with E-state index in [1.165, 1.54) is 6.07 Å². The van der Waals surface area contributed by atoms with Crippen molar-refractivity contribution in [2.75, 3.05) is 0 Å². The van der Waals surface area contributed by atoms with Gasteiger partial charge < -0.3 is 10.5 Å². The minimum atomic E-state index is -0.842. The molecule has 0 radical (unpaired) electrons. The molecule has 1 aromatic carbocycles. The zero-order valence-electron chi connectivity index (χ0n) is 10.4. The molecule has 0 aliphatic heterocycles. The molecule has 0 spiro atoms. The van der Waals surface area contributed by atoms with Crippen LogP contribution in [-0.2, 0) is 16.0 Å². The summed E-state index contributed by atoms with van der Waals surface area (Å²) in [4.78, 5) is 11.6. The highest BCUT2D eigenvalue weighted by Crippen LogP contribution is 2.12. The van der Waals surface area contributed by atoms with Crippen LogP contribution in [0.1, 0.15) is 26.3 Å². The number of halogens is 1. The van der Waals surface area contributed by atoms with E-state index in [1.54, 1.807) is 39.0 Å². The molecule has 0 aromatic heterocycles. The van der Waals surface area contributed by atoms with Crippen molar-refractivity contribution < 1.29 is 13.9 Å². The maximum Gasteiger partial charge on any atom is 0.323 e. The standard InChI is InChI=1S/C13H18FNO2/c1-13(2,3)17-12(16)11(15)8-9-6-4-5-7-10(9)14/h4-7,11H,8,15H2,1-3H3. The van der Waals surface area contributed by atoms with Crippen LogP contribution in [0.25, 0.3) is 0 Å². The quantitative estimate of drug-likeness (QED) is 0.821. The second kappa shape index (κ2) is 5.27. The van der Waals surface area contributed by atoms with Crippen LogP contribution >= 0.6 is 0 Å². The number of hydrogen-bond acceptors (Lipinski definition) is 3. The summed E-state index contributed by atoms with van der Waals surface area (Å²) < 4.78 is 18.5. The van der Waals surface area contributed by atoms with Gasteiger partial charge in [-0.3, -0.25) is 4.79 Å². The lowest BCUT2D eigenvalue weighted by Crippen LogP contribution is -2.39. The molecule has 0 saturated heterocycles. The smallest absolute Gasteiger partial charge is 0.323 e. The van der Waals surface area contributed by atoms with Gasteiger partial charge in [0.05, 0.1) is 0 Å². The first-order valence-electron chi connectivity index (χ1n) is 5.51. The van der Waals surface area contributed by atoms with E-state index in [2.05, 4.69) is 0 Å². The van der Waals surface area contributed by atoms with Crippen LogP contribution < -0.4 is 5.73 Å². The van der Waals surface area contributed by atoms with Crippen LogP contribution in [0.4, 0.5) is 4.39 Å². The number of carbonyl (C=O) groups excluding carboxylic acids is 1. The summed E-state index contributed by atoms with van der Waals surface area (Å²) in [5, 5.41) is 0. The van der Waals surface area contributed by atoms with Crippen molar-refractivity contribution in [2.24, 2.45) is 5.73 Å². The molecule has 0 bridgehead atoms. The van der Waals surface area contributed by atoms with Gasteiger partial charge in [0.15, 0.2) is 0 Å². The predicted molar refractivity (Wildman–Crippen MR) is 63.9 cm³/mol. The molecule has 1 atom stereocenters. The Morgan fingerprint density at radius 2 is 2.00 bits per heavy atom. The first-order chi connectivity index (χ1) is 7.79. The van der Waals surface area contributed by atoms with Crippen molar-refractivity contribution in [3.63, 3.8) is 0 Å². The molecular formula is C13H18FNO2.